The van der Waals surface area contributed by atoms with Crippen molar-refractivity contribution in [2.75, 3.05) is 5.32 Å². The zero-order valence-electron chi connectivity index (χ0n) is 11.2. The summed E-state index contributed by atoms with van der Waals surface area (Å²) in [6, 6.07) is 4.53. The van der Waals surface area contributed by atoms with E-state index in [2.05, 4.69) is 23.3 Å². The van der Waals surface area contributed by atoms with Crippen molar-refractivity contribution in [2.45, 2.75) is 52.0 Å². The van der Waals surface area contributed by atoms with E-state index in [1.54, 1.807) is 6.20 Å². The minimum Gasteiger partial charge on any atom is -0.366 e. The van der Waals surface area contributed by atoms with Crippen molar-refractivity contribution in [1.82, 2.24) is 4.98 Å². The highest BCUT2D eigenvalue weighted by Crippen LogP contribution is 2.28. The van der Waals surface area contributed by atoms with Crippen LogP contribution < -0.4 is 5.32 Å². The summed E-state index contributed by atoms with van der Waals surface area (Å²) in [7, 11) is 0. The topological polar surface area (TPSA) is 48.7 Å². The standard InChI is InChI=1S/C15H21N3/c1-11-8-9-17-15(14(11)10-16)18-12(2)13-6-4-3-5-7-13/h8-9,12-13H,3-7H2,1-2H3,(H,17,18). The van der Waals surface area contributed by atoms with Crippen molar-refractivity contribution in [3.63, 3.8) is 0 Å². The zero-order chi connectivity index (χ0) is 13.0. The number of pyridine rings is 1. The van der Waals surface area contributed by atoms with E-state index in [1.807, 2.05) is 13.0 Å². The molecule has 96 valence electrons. The van der Waals surface area contributed by atoms with Crippen LogP contribution in [0.25, 0.3) is 0 Å². The van der Waals surface area contributed by atoms with Gasteiger partial charge in [-0.05, 0) is 44.2 Å². The Morgan fingerprint density at radius 2 is 2.11 bits per heavy atom. The molecule has 1 heterocycles. The van der Waals surface area contributed by atoms with Crippen LogP contribution in [0.1, 0.15) is 50.2 Å². The van der Waals surface area contributed by atoms with Gasteiger partial charge in [-0.25, -0.2) is 4.98 Å². The molecule has 1 atom stereocenters. The van der Waals surface area contributed by atoms with E-state index in [-0.39, 0.29) is 0 Å². The second kappa shape index (κ2) is 5.86. The first-order chi connectivity index (χ1) is 8.72. The minimum atomic E-state index is 0.395. The molecule has 1 fully saturated rings. The van der Waals surface area contributed by atoms with Crippen molar-refractivity contribution in [1.29, 1.82) is 5.26 Å². The lowest BCUT2D eigenvalue weighted by atomic mass is 9.84. The van der Waals surface area contributed by atoms with Crippen LogP contribution in [0.4, 0.5) is 5.82 Å². The van der Waals surface area contributed by atoms with Gasteiger partial charge in [0.1, 0.15) is 11.9 Å². The molecule has 0 radical (unpaired) electrons. The van der Waals surface area contributed by atoms with E-state index in [1.165, 1.54) is 32.1 Å². The van der Waals surface area contributed by atoms with Crippen LogP contribution >= 0.6 is 0 Å². The van der Waals surface area contributed by atoms with Gasteiger partial charge in [-0.1, -0.05) is 19.3 Å². The van der Waals surface area contributed by atoms with Crippen LogP contribution in [0.5, 0.6) is 0 Å². The van der Waals surface area contributed by atoms with Crippen molar-refractivity contribution in [3.8, 4) is 6.07 Å². The molecule has 2 rings (SSSR count). The second-order valence-electron chi connectivity index (χ2n) is 5.29. The average molecular weight is 243 g/mol. The average Bonchev–Trinajstić information content (AvgIpc) is 2.40. The van der Waals surface area contributed by atoms with Crippen LogP contribution in [0.2, 0.25) is 0 Å². The minimum absolute atomic E-state index is 0.395. The van der Waals surface area contributed by atoms with E-state index in [9.17, 15) is 5.26 Å². The molecule has 1 aliphatic rings. The molecule has 0 aromatic carbocycles. The van der Waals surface area contributed by atoms with E-state index >= 15 is 0 Å². The van der Waals surface area contributed by atoms with Crippen LogP contribution in [-0.2, 0) is 0 Å². The predicted octanol–water partition coefficient (Wildman–Crippen LogP) is 3.64. The van der Waals surface area contributed by atoms with Crippen LogP contribution in [-0.4, -0.2) is 11.0 Å². The molecule has 3 nitrogen and oxygen atoms in total. The number of hydrogen-bond donors (Lipinski definition) is 1. The number of hydrogen-bond acceptors (Lipinski definition) is 3. The Kier molecular flexibility index (Phi) is 4.19. The van der Waals surface area contributed by atoms with Crippen LogP contribution in [0.3, 0.4) is 0 Å². The Morgan fingerprint density at radius 1 is 1.39 bits per heavy atom. The molecule has 3 heteroatoms. The van der Waals surface area contributed by atoms with E-state index in [0.29, 0.717) is 17.5 Å². The van der Waals surface area contributed by atoms with Crippen LogP contribution in [0, 0.1) is 24.2 Å². The van der Waals surface area contributed by atoms with Crippen molar-refractivity contribution in [2.24, 2.45) is 5.92 Å². The molecule has 0 spiro atoms. The van der Waals surface area contributed by atoms with Crippen molar-refractivity contribution in [3.05, 3.63) is 23.4 Å². The first-order valence-corrected chi connectivity index (χ1v) is 6.84. The number of rotatable bonds is 3. The van der Waals surface area contributed by atoms with Gasteiger partial charge in [0.2, 0.25) is 0 Å². The lowest BCUT2D eigenvalue weighted by Gasteiger charge is -2.28. The molecule has 1 N–H and O–H groups in total. The predicted molar refractivity (Wildman–Crippen MR) is 73.3 cm³/mol. The van der Waals surface area contributed by atoms with Gasteiger partial charge >= 0.3 is 0 Å². The smallest absolute Gasteiger partial charge is 0.144 e. The van der Waals surface area contributed by atoms with E-state index in [0.717, 1.165) is 11.4 Å². The van der Waals surface area contributed by atoms with Gasteiger partial charge in [0.25, 0.3) is 0 Å². The van der Waals surface area contributed by atoms with Gasteiger partial charge in [0.05, 0.1) is 5.56 Å². The van der Waals surface area contributed by atoms with Crippen molar-refractivity contribution < 1.29 is 0 Å². The molecular formula is C15H21N3. The van der Waals surface area contributed by atoms with Gasteiger partial charge in [0, 0.05) is 12.2 Å². The van der Waals surface area contributed by atoms with Crippen molar-refractivity contribution >= 4 is 5.82 Å². The first-order valence-electron chi connectivity index (χ1n) is 6.84. The summed E-state index contributed by atoms with van der Waals surface area (Å²) in [5.74, 6) is 1.46. The highest BCUT2D eigenvalue weighted by Gasteiger charge is 2.21. The normalized spacial score (nSPS) is 18.1. The maximum absolute atomic E-state index is 9.19. The Bertz CT molecular complexity index is 442. The molecule has 1 unspecified atom stereocenters. The lowest BCUT2D eigenvalue weighted by Crippen LogP contribution is -2.28. The van der Waals surface area contributed by atoms with Gasteiger partial charge < -0.3 is 5.32 Å². The molecule has 0 saturated heterocycles. The number of aryl methyl sites for hydroxylation is 1. The van der Waals surface area contributed by atoms with Gasteiger partial charge in [0.15, 0.2) is 0 Å². The fraction of sp³-hybridized carbons (Fsp3) is 0.600. The molecule has 1 aliphatic carbocycles. The zero-order valence-corrected chi connectivity index (χ0v) is 11.2. The third-order valence-corrected chi connectivity index (χ3v) is 3.99. The maximum atomic E-state index is 9.19. The van der Waals surface area contributed by atoms with Gasteiger partial charge in [-0.3, -0.25) is 0 Å². The number of anilines is 1. The fourth-order valence-electron chi connectivity index (χ4n) is 2.78. The molecule has 0 aliphatic heterocycles. The van der Waals surface area contributed by atoms with E-state index < -0.39 is 0 Å². The highest BCUT2D eigenvalue weighted by molar-refractivity contribution is 5.55. The molecule has 0 bridgehead atoms. The Hall–Kier alpha value is -1.56. The molecule has 1 aromatic rings. The largest absolute Gasteiger partial charge is 0.366 e. The first kappa shape index (κ1) is 12.9. The molecule has 18 heavy (non-hydrogen) atoms. The monoisotopic (exact) mass is 243 g/mol. The quantitative estimate of drug-likeness (QED) is 0.881. The Labute approximate surface area is 109 Å². The second-order valence-corrected chi connectivity index (χ2v) is 5.29. The van der Waals surface area contributed by atoms with Gasteiger partial charge in [-0.15, -0.1) is 0 Å². The Balaban J connectivity index is 2.09. The molecule has 0 amide bonds. The molecule has 1 aromatic heterocycles. The Morgan fingerprint density at radius 3 is 2.78 bits per heavy atom. The van der Waals surface area contributed by atoms with E-state index in [4.69, 9.17) is 0 Å². The van der Waals surface area contributed by atoms with Gasteiger partial charge in [-0.2, -0.15) is 5.26 Å². The highest BCUT2D eigenvalue weighted by atomic mass is 15.0. The molecular weight excluding hydrogens is 222 g/mol. The molecule has 1 saturated carbocycles. The number of nitriles is 1. The summed E-state index contributed by atoms with van der Waals surface area (Å²) < 4.78 is 0. The summed E-state index contributed by atoms with van der Waals surface area (Å²) in [6.45, 7) is 4.16. The third kappa shape index (κ3) is 2.81. The SMILES string of the molecule is Cc1ccnc(NC(C)C2CCCCC2)c1C#N. The number of nitrogens with zero attached hydrogens (tertiary/aromatic N) is 2. The summed E-state index contributed by atoms with van der Waals surface area (Å²) in [5, 5.41) is 12.6. The number of nitrogens with one attached hydrogen (secondary N) is 1. The summed E-state index contributed by atoms with van der Waals surface area (Å²) in [4.78, 5) is 4.31. The summed E-state index contributed by atoms with van der Waals surface area (Å²) in [5.41, 5.74) is 1.67. The summed E-state index contributed by atoms with van der Waals surface area (Å²) >= 11 is 0. The summed E-state index contributed by atoms with van der Waals surface area (Å²) in [6.07, 6.45) is 8.40. The fourth-order valence-corrected chi connectivity index (χ4v) is 2.78. The third-order valence-electron chi connectivity index (χ3n) is 3.99. The van der Waals surface area contributed by atoms with Crippen LogP contribution in [0.15, 0.2) is 12.3 Å². The number of aromatic nitrogens is 1. The lowest BCUT2D eigenvalue weighted by molar-refractivity contribution is 0.328. The maximum Gasteiger partial charge on any atom is 0.144 e.